The normalized spacial score (nSPS) is 24.5. The van der Waals surface area contributed by atoms with Gasteiger partial charge >= 0.3 is 0 Å². The lowest BCUT2D eigenvalue weighted by molar-refractivity contribution is 0.136. The number of aliphatic hydroxyl groups is 1. The zero-order chi connectivity index (χ0) is 13.2. The van der Waals surface area contributed by atoms with Crippen molar-refractivity contribution >= 4 is 17.0 Å². The topological polar surface area (TPSA) is 87.0 Å². The molecule has 4 rings (SSSR count). The van der Waals surface area contributed by atoms with Crippen molar-refractivity contribution in [1.29, 1.82) is 0 Å². The van der Waals surface area contributed by atoms with Crippen molar-refractivity contribution in [3.05, 3.63) is 16.6 Å². The van der Waals surface area contributed by atoms with Gasteiger partial charge in [0, 0.05) is 25.6 Å². The van der Waals surface area contributed by atoms with Crippen molar-refractivity contribution in [1.82, 2.24) is 19.7 Å². The Bertz CT molecular complexity index is 714. The van der Waals surface area contributed by atoms with Gasteiger partial charge in [0.15, 0.2) is 5.65 Å². The van der Waals surface area contributed by atoms with Crippen LogP contribution in [-0.4, -0.2) is 44.0 Å². The average Bonchev–Trinajstić information content (AvgIpc) is 2.96. The first-order valence-corrected chi connectivity index (χ1v) is 6.44. The van der Waals surface area contributed by atoms with Gasteiger partial charge in [0.25, 0.3) is 5.56 Å². The largest absolute Gasteiger partial charge is 0.391 e. The molecule has 1 atom stereocenters. The molecule has 2 aromatic rings. The molecule has 2 aromatic heterocycles. The summed E-state index contributed by atoms with van der Waals surface area (Å²) in [6.45, 7) is 1.30. The highest BCUT2D eigenvalue weighted by Crippen LogP contribution is 2.53. The molecular weight excluding hydrogens is 246 g/mol. The average molecular weight is 261 g/mol. The van der Waals surface area contributed by atoms with E-state index in [-0.39, 0.29) is 17.1 Å². The summed E-state index contributed by atoms with van der Waals surface area (Å²) in [4.78, 5) is 21.2. The summed E-state index contributed by atoms with van der Waals surface area (Å²) in [5, 5.41) is 14.6. The van der Waals surface area contributed by atoms with Gasteiger partial charge in [-0.05, 0) is 12.8 Å². The molecule has 7 heteroatoms. The van der Waals surface area contributed by atoms with Crippen molar-refractivity contribution in [2.75, 3.05) is 18.0 Å². The third-order valence-corrected chi connectivity index (χ3v) is 4.39. The van der Waals surface area contributed by atoms with Gasteiger partial charge in [-0.15, -0.1) is 0 Å². The molecule has 0 amide bonds. The molecule has 100 valence electrons. The summed E-state index contributed by atoms with van der Waals surface area (Å²) < 4.78 is 1.59. The zero-order valence-electron chi connectivity index (χ0n) is 10.6. The molecular formula is C12H15N5O2. The number of aliphatic hydroxyl groups excluding tert-OH is 1. The van der Waals surface area contributed by atoms with E-state index in [1.807, 2.05) is 4.90 Å². The number of aromatic nitrogens is 4. The summed E-state index contributed by atoms with van der Waals surface area (Å²) in [6, 6.07) is 0. The van der Waals surface area contributed by atoms with Gasteiger partial charge in [0.05, 0.1) is 12.3 Å². The van der Waals surface area contributed by atoms with Crippen LogP contribution in [0.25, 0.3) is 11.0 Å². The van der Waals surface area contributed by atoms with Crippen LogP contribution in [0.2, 0.25) is 0 Å². The number of rotatable bonds is 1. The number of β-amino-alcohol motifs (C(OH)–C–C–N with tert-alkyl or cyclic N) is 1. The maximum absolute atomic E-state index is 12.0. The zero-order valence-corrected chi connectivity index (χ0v) is 10.6. The molecule has 2 N–H and O–H groups in total. The molecule has 7 nitrogen and oxygen atoms in total. The third kappa shape index (κ3) is 1.45. The quantitative estimate of drug-likeness (QED) is 0.730. The Hall–Kier alpha value is -1.89. The molecule has 0 aromatic carbocycles. The van der Waals surface area contributed by atoms with Gasteiger partial charge in [-0.2, -0.15) is 10.1 Å². The number of aromatic amines is 1. The van der Waals surface area contributed by atoms with Crippen LogP contribution in [0.4, 0.5) is 5.95 Å². The molecule has 3 heterocycles. The fourth-order valence-corrected chi connectivity index (χ4v) is 2.94. The molecule has 1 unspecified atom stereocenters. The van der Waals surface area contributed by atoms with Gasteiger partial charge in [0.1, 0.15) is 5.39 Å². The predicted molar refractivity (Wildman–Crippen MR) is 69.0 cm³/mol. The van der Waals surface area contributed by atoms with Crippen LogP contribution >= 0.6 is 0 Å². The van der Waals surface area contributed by atoms with E-state index in [0.29, 0.717) is 23.5 Å². The van der Waals surface area contributed by atoms with E-state index in [9.17, 15) is 9.90 Å². The lowest BCUT2D eigenvalue weighted by Crippen LogP contribution is -2.26. The van der Waals surface area contributed by atoms with Gasteiger partial charge in [-0.3, -0.25) is 14.5 Å². The van der Waals surface area contributed by atoms with Crippen LogP contribution < -0.4 is 10.5 Å². The number of hydrogen-bond donors (Lipinski definition) is 2. The minimum absolute atomic E-state index is 0.0417. The smallest absolute Gasteiger partial charge is 0.263 e. The Morgan fingerprint density at radius 2 is 2.32 bits per heavy atom. The second-order valence-corrected chi connectivity index (χ2v) is 5.65. The highest BCUT2D eigenvalue weighted by molar-refractivity contribution is 5.74. The van der Waals surface area contributed by atoms with Gasteiger partial charge in [-0.1, -0.05) is 0 Å². The first kappa shape index (κ1) is 11.0. The predicted octanol–water partition coefficient (Wildman–Crippen LogP) is -0.382. The molecule has 0 bridgehead atoms. The van der Waals surface area contributed by atoms with E-state index >= 15 is 0 Å². The van der Waals surface area contributed by atoms with E-state index in [2.05, 4.69) is 15.1 Å². The number of nitrogens with one attached hydrogen (secondary N) is 1. The Balaban J connectivity index is 1.79. The first-order chi connectivity index (χ1) is 9.09. The SMILES string of the molecule is Cn1ncc2c(=O)[nH]c(N3CC(O)C4(CC4)C3)nc21. The van der Waals surface area contributed by atoms with Crippen LogP contribution in [-0.2, 0) is 7.05 Å². The Morgan fingerprint density at radius 1 is 1.53 bits per heavy atom. The van der Waals surface area contributed by atoms with Crippen LogP contribution in [0.5, 0.6) is 0 Å². The van der Waals surface area contributed by atoms with Gasteiger partial charge in [-0.25, -0.2) is 0 Å². The molecule has 1 spiro atoms. The standard InChI is InChI=1S/C12H15N5O2/c1-16-9-7(4-13-16)10(19)15-11(14-9)17-5-8(18)12(6-17)2-3-12/h4,8,18H,2-3,5-6H2,1H3,(H,14,15,19). The number of hydrogen-bond acceptors (Lipinski definition) is 5. The molecule has 0 radical (unpaired) electrons. The highest BCUT2D eigenvalue weighted by atomic mass is 16.3. The lowest BCUT2D eigenvalue weighted by atomic mass is 10.0. The molecule has 19 heavy (non-hydrogen) atoms. The van der Waals surface area contributed by atoms with Gasteiger partial charge < -0.3 is 10.0 Å². The van der Waals surface area contributed by atoms with E-state index in [0.717, 1.165) is 19.4 Å². The number of H-pyrrole nitrogens is 1. The van der Waals surface area contributed by atoms with Crippen molar-refractivity contribution in [2.24, 2.45) is 12.5 Å². The van der Waals surface area contributed by atoms with Crippen molar-refractivity contribution < 1.29 is 5.11 Å². The van der Waals surface area contributed by atoms with Crippen molar-refractivity contribution in [2.45, 2.75) is 18.9 Å². The number of aryl methyl sites for hydroxylation is 1. The van der Waals surface area contributed by atoms with E-state index in [1.165, 1.54) is 6.20 Å². The second kappa shape index (κ2) is 3.36. The van der Waals surface area contributed by atoms with Crippen LogP contribution in [0, 0.1) is 5.41 Å². The molecule has 1 saturated heterocycles. The van der Waals surface area contributed by atoms with Crippen LogP contribution in [0.15, 0.2) is 11.0 Å². The Morgan fingerprint density at radius 3 is 3.00 bits per heavy atom. The van der Waals surface area contributed by atoms with Crippen molar-refractivity contribution in [3.8, 4) is 0 Å². The Kier molecular flexibility index (Phi) is 1.94. The Labute approximate surface area is 108 Å². The molecule has 2 fully saturated rings. The van der Waals surface area contributed by atoms with E-state index in [4.69, 9.17) is 0 Å². The molecule has 1 aliphatic carbocycles. The number of nitrogens with zero attached hydrogens (tertiary/aromatic N) is 4. The fraction of sp³-hybridized carbons (Fsp3) is 0.583. The minimum Gasteiger partial charge on any atom is -0.391 e. The highest BCUT2D eigenvalue weighted by Gasteiger charge is 2.55. The fourth-order valence-electron chi connectivity index (χ4n) is 2.94. The summed E-state index contributed by atoms with van der Waals surface area (Å²) in [5.74, 6) is 0.531. The molecule has 1 saturated carbocycles. The molecule has 1 aliphatic heterocycles. The summed E-state index contributed by atoms with van der Waals surface area (Å²) >= 11 is 0. The summed E-state index contributed by atoms with van der Waals surface area (Å²) in [6.07, 6.45) is 3.32. The van der Waals surface area contributed by atoms with Crippen LogP contribution in [0.3, 0.4) is 0 Å². The number of fused-ring (bicyclic) bond motifs is 1. The minimum atomic E-state index is -0.319. The number of anilines is 1. The van der Waals surface area contributed by atoms with Crippen molar-refractivity contribution in [3.63, 3.8) is 0 Å². The first-order valence-electron chi connectivity index (χ1n) is 6.44. The maximum Gasteiger partial charge on any atom is 0.263 e. The van der Waals surface area contributed by atoms with Gasteiger partial charge in [0.2, 0.25) is 5.95 Å². The monoisotopic (exact) mass is 261 g/mol. The second-order valence-electron chi connectivity index (χ2n) is 5.65. The summed E-state index contributed by atoms with van der Waals surface area (Å²) in [5.41, 5.74) is 0.435. The maximum atomic E-state index is 12.0. The van der Waals surface area contributed by atoms with E-state index in [1.54, 1.807) is 11.7 Å². The molecule has 2 aliphatic rings. The lowest BCUT2D eigenvalue weighted by Gasteiger charge is -2.16. The van der Waals surface area contributed by atoms with Crippen LogP contribution in [0.1, 0.15) is 12.8 Å². The van der Waals surface area contributed by atoms with E-state index < -0.39 is 0 Å². The third-order valence-electron chi connectivity index (χ3n) is 4.39. The summed E-state index contributed by atoms with van der Waals surface area (Å²) in [7, 11) is 1.76.